The highest BCUT2D eigenvalue weighted by atomic mass is 16.4. The fraction of sp³-hybridized carbons (Fsp3) is 0.357. The van der Waals surface area contributed by atoms with Crippen LogP contribution in [0.25, 0.3) is 0 Å². The quantitative estimate of drug-likeness (QED) is 0.697. The second-order valence-electron chi connectivity index (χ2n) is 4.27. The van der Waals surface area contributed by atoms with Gasteiger partial charge >= 0.3 is 5.97 Å². The van der Waals surface area contributed by atoms with E-state index in [1.807, 2.05) is 19.1 Å². The minimum atomic E-state index is -1.11. The fourth-order valence-corrected chi connectivity index (χ4v) is 1.54. The SMILES string of the molecule is CCc1ccc(NC(=O)CCC(=O)NCC(=O)O)cc1. The number of aliphatic carboxylic acids is 1. The lowest BCUT2D eigenvalue weighted by molar-refractivity contribution is -0.138. The minimum Gasteiger partial charge on any atom is -0.480 e. The molecule has 0 heterocycles. The van der Waals surface area contributed by atoms with Crippen molar-refractivity contribution in [3.05, 3.63) is 29.8 Å². The molecular weight excluding hydrogens is 260 g/mol. The standard InChI is InChI=1S/C14H18N2O4/c1-2-10-3-5-11(6-4-10)16-13(18)8-7-12(17)15-9-14(19)20/h3-6H,2,7-9H2,1H3,(H,15,17)(H,16,18)(H,19,20). The summed E-state index contributed by atoms with van der Waals surface area (Å²) in [6.07, 6.45) is 0.908. The number of aryl methyl sites for hydroxylation is 1. The van der Waals surface area contributed by atoms with Crippen LogP contribution in [0.3, 0.4) is 0 Å². The Balaban J connectivity index is 2.32. The fourth-order valence-electron chi connectivity index (χ4n) is 1.54. The van der Waals surface area contributed by atoms with Crippen molar-refractivity contribution >= 4 is 23.5 Å². The summed E-state index contributed by atoms with van der Waals surface area (Å²) in [6.45, 7) is 1.61. The Morgan fingerprint density at radius 3 is 2.20 bits per heavy atom. The first-order chi connectivity index (χ1) is 9.51. The third-order valence-corrected chi connectivity index (χ3v) is 2.66. The highest BCUT2D eigenvalue weighted by Gasteiger charge is 2.08. The molecule has 0 aliphatic heterocycles. The van der Waals surface area contributed by atoms with Gasteiger partial charge in [0.15, 0.2) is 0 Å². The molecule has 1 aromatic carbocycles. The molecule has 1 aromatic rings. The molecule has 0 spiro atoms. The number of anilines is 1. The lowest BCUT2D eigenvalue weighted by Gasteiger charge is -2.06. The molecule has 20 heavy (non-hydrogen) atoms. The average molecular weight is 278 g/mol. The Bertz CT molecular complexity index is 482. The monoisotopic (exact) mass is 278 g/mol. The second-order valence-corrected chi connectivity index (χ2v) is 4.27. The minimum absolute atomic E-state index is 0.0149. The van der Waals surface area contributed by atoms with Crippen molar-refractivity contribution in [3.8, 4) is 0 Å². The van der Waals surface area contributed by atoms with Crippen molar-refractivity contribution < 1.29 is 19.5 Å². The van der Waals surface area contributed by atoms with Crippen LogP contribution in [-0.4, -0.2) is 29.4 Å². The van der Waals surface area contributed by atoms with Crippen LogP contribution in [0.15, 0.2) is 24.3 Å². The van der Waals surface area contributed by atoms with Crippen molar-refractivity contribution in [1.82, 2.24) is 5.32 Å². The molecule has 0 fully saturated rings. The summed E-state index contributed by atoms with van der Waals surface area (Å²) in [7, 11) is 0. The highest BCUT2D eigenvalue weighted by Crippen LogP contribution is 2.10. The zero-order valence-electron chi connectivity index (χ0n) is 11.3. The maximum absolute atomic E-state index is 11.6. The van der Waals surface area contributed by atoms with E-state index in [9.17, 15) is 14.4 Å². The van der Waals surface area contributed by atoms with Crippen LogP contribution in [0.2, 0.25) is 0 Å². The summed E-state index contributed by atoms with van der Waals surface area (Å²) < 4.78 is 0. The largest absolute Gasteiger partial charge is 0.480 e. The first-order valence-electron chi connectivity index (χ1n) is 6.38. The highest BCUT2D eigenvalue weighted by molar-refractivity contribution is 5.93. The molecule has 1 rings (SSSR count). The summed E-state index contributed by atoms with van der Waals surface area (Å²) in [4.78, 5) is 33.1. The molecule has 0 aromatic heterocycles. The predicted octanol–water partition coefficient (Wildman–Crippen LogP) is 1.17. The van der Waals surface area contributed by atoms with Crippen LogP contribution < -0.4 is 10.6 Å². The van der Waals surface area contributed by atoms with Crippen molar-refractivity contribution in [2.45, 2.75) is 26.2 Å². The van der Waals surface area contributed by atoms with Gasteiger partial charge in [0, 0.05) is 18.5 Å². The second kappa shape index (κ2) is 7.93. The Kier molecular flexibility index (Phi) is 6.22. The van der Waals surface area contributed by atoms with Crippen molar-refractivity contribution in [2.24, 2.45) is 0 Å². The maximum Gasteiger partial charge on any atom is 0.322 e. The predicted molar refractivity (Wildman–Crippen MR) is 74.3 cm³/mol. The van der Waals surface area contributed by atoms with Gasteiger partial charge < -0.3 is 15.7 Å². The molecule has 6 heteroatoms. The van der Waals surface area contributed by atoms with Gasteiger partial charge in [0.2, 0.25) is 11.8 Å². The van der Waals surface area contributed by atoms with Gasteiger partial charge in [-0.05, 0) is 24.1 Å². The number of nitrogens with one attached hydrogen (secondary N) is 2. The molecule has 0 bridgehead atoms. The van der Waals surface area contributed by atoms with Crippen LogP contribution in [0.5, 0.6) is 0 Å². The van der Waals surface area contributed by atoms with Crippen LogP contribution >= 0.6 is 0 Å². The molecule has 0 saturated heterocycles. The van der Waals surface area contributed by atoms with Gasteiger partial charge in [-0.2, -0.15) is 0 Å². The number of amides is 2. The number of carbonyl (C=O) groups excluding carboxylic acids is 2. The summed E-state index contributed by atoms with van der Waals surface area (Å²) in [6, 6.07) is 7.47. The van der Waals surface area contributed by atoms with E-state index in [2.05, 4.69) is 10.6 Å². The molecule has 0 aliphatic carbocycles. The Hall–Kier alpha value is -2.37. The van der Waals surface area contributed by atoms with Gasteiger partial charge in [0.25, 0.3) is 0 Å². The number of carbonyl (C=O) groups is 3. The normalized spacial score (nSPS) is 9.85. The van der Waals surface area contributed by atoms with Crippen LogP contribution in [-0.2, 0) is 20.8 Å². The molecule has 2 amide bonds. The molecule has 0 aliphatic rings. The molecule has 6 nitrogen and oxygen atoms in total. The summed E-state index contributed by atoms with van der Waals surface area (Å²) in [5.74, 6) is -1.84. The van der Waals surface area contributed by atoms with Gasteiger partial charge in [0.1, 0.15) is 6.54 Å². The van der Waals surface area contributed by atoms with Crippen molar-refractivity contribution in [1.29, 1.82) is 0 Å². The van der Waals surface area contributed by atoms with Crippen molar-refractivity contribution in [2.75, 3.05) is 11.9 Å². The number of hydrogen-bond donors (Lipinski definition) is 3. The van der Waals surface area contributed by atoms with E-state index >= 15 is 0 Å². The lowest BCUT2D eigenvalue weighted by Crippen LogP contribution is -2.29. The number of benzene rings is 1. The van der Waals surface area contributed by atoms with E-state index < -0.39 is 18.4 Å². The van der Waals surface area contributed by atoms with Gasteiger partial charge in [-0.25, -0.2) is 0 Å². The molecule has 108 valence electrons. The zero-order valence-corrected chi connectivity index (χ0v) is 11.3. The maximum atomic E-state index is 11.6. The van der Waals surface area contributed by atoms with Crippen LogP contribution in [0.4, 0.5) is 5.69 Å². The molecular formula is C14H18N2O4. The van der Waals surface area contributed by atoms with Crippen molar-refractivity contribution in [3.63, 3.8) is 0 Å². The summed E-state index contributed by atoms with van der Waals surface area (Å²) in [5.41, 5.74) is 1.86. The van der Waals surface area contributed by atoms with Gasteiger partial charge in [0.05, 0.1) is 0 Å². The molecule has 0 unspecified atom stereocenters. The van der Waals surface area contributed by atoms with Gasteiger partial charge in [-0.15, -0.1) is 0 Å². The van der Waals surface area contributed by atoms with E-state index in [1.54, 1.807) is 12.1 Å². The van der Waals surface area contributed by atoms with E-state index in [0.29, 0.717) is 5.69 Å². The first-order valence-corrected chi connectivity index (χ1v) is 6.38. The van der Waals surface area contributed by atoms with Gasteiger partial charge in [-0.1, -0.05) is 19.1 Å². The summed E-state index contributed by atoms with van der Waals surface area (Å²) >= 11 is 0. The number of carboxylic acids is 1. The third kappa shape index (κ3) is 5.99. The number of hydrogen-bond acceptors (Lipinski definition) is 3. The lowest BCUT2D eigenvalue weighted by atomic mass is 10.1. The Morgan fingerprint density at radius 2 is 1.65 bits per heavy atom. The molecule has 0 saturated carbocycles. The zero-order chi connectivity index (χ0) is 15.0. The summed E-state index contributed by atoms with van der Waals surface area (Å²) in [5, 5.41) is 13.3. The smallest absolute Gasteiger partial charge is 0.322 e. The first kappa shape index (κ1) is 15.7. The van der Waals surface area contributed by atoms with E-state index in [-0.39, 0.29) is 18.7 Å². The van der Waals surface area contributed by atoms with E-state index in [1.165, 1.54) is 5.56 Å². The molecule has 3 N–H and O–H groups in total. The number of rotatable bonds is 7. The number of carboxylic acid groups (broad SMARTS) is 1. The molecule has 0 radical (unpaired) electrons. The molecule has 0 atom stereocenters. The topological polar surface area (TPSA) is 95.5 Å². The Morgan fingerprint density at radius 1 is 1.05 bits per heavy atom. The Labute approximate surface area is 117 Å². The van der Waals surface area contributed by atoms with Crippen LogP contribution in [0, 0.1) is 0 Å². The average Bonchev–Trinajstić information content (AvgIpc) is 2.43. The van der Waals surface area contributed by atoms with E-state index in [0.717, 1.165) is 6.42 Å². The van der Waals surface area contributed by atoms with E-state index in [4.69, 9.17) is 5.11 Å². The van der Waals surface area contributed by atoms with Gasteiger partial charge in [-0.3, -0.25) is 14.4 Å². The third-order valence-electron chi connectivity index (χ3n) is 2.66. The van der Waals surface area contributed by atoms with Crippen LogP contribution in [0.1, 0.15) is 25.3 Å².